The topological polar surface area (TPSA) is 109 Å². The standard InChI is InChI=1S/C14H18N2O4/c1-9(2-7-12(17)18)8-16-14(20)11-5-3-10(4-6-11)13(15)19/h3-6,9H,2,7-8H2,1H3,(H2,15,19)(H,16,20)(H,17,18). The van der Waals surface area contributed by atoms with Crippen molar-refractivity contribution < 1.29 is 19.5 Å². The fraction of sp³-hybridized carbons (Fsp3) is 0.357. The van der Waals surface area contributed by atoms with Crippen LogP contribution in [0.15, 0.2) is 24.3 Å². The highest BCUT2D eigenvalue weighted by Gasteiger charge is 2.10. The van der Waals surface area contributed by atoms with E-state index in [0.29, 0.717) is 24.1 Å². The minimum Gasteiger partial charge on any atom is -0.481 e. The Morgan fingerprint density at radius 2 is 1.75 bits per heavy atom. The summed E-state index contributed by atoms with van der Waals surface area (Å²) >= 11 is 0. The molecular formula is C14H18N2O4. The largest absolute Gasteiger partial charge is 0.481 e. The van der Waals surface area contributed by atoms with E-state index in [0.717, 1.165) is 0 Å². The van der Waals surface area contributed by atoms with Crippen LogP contribution in [0.2, 0.25) is 0 Å². The fourth-order valence-corrected chi connectivity index (χ4v) is 1.63. The van der Waals surface area contributed by atoms with Gasteiger partial charge in [-0.2, -0.15) is 0 Å². The predicted molar refractivity (Wildman–Crippen MR) is 73.3 cm³/mol. The maximum Gasteiger partial charge on any atom is 0.303 e. The lowest BCUT2D eigenvalue weighted by atomic mass is 10.1. The van der Waals surface area contributed by atoms with E-state index in [1.54, 1.807) is 0 Å². The van der Waals surface area contributed by atoms with Crippen molar-refractivity contribution in [1.82, 2.24) is 5.32 Å². The Morgan fingerprint density at radius 1 is 1.20 bits per heavy atom. The minimum atomic E-state index is -0.842. The molecular weight excluding hydrogens is 260 g/mol. The predicted octanol–water partition coefficient (Wildman–Crippen LogP) is 1.02. The molecule has 0 saturated carbocycles. The van der Waals surface area contributed by atoms with Crippen molar-refractivity contribution in [2.45, 2.75) is 19.8 Å². The second kappa shape index (κ2) is 7.28. The SMILES string of the molecule is CC(CCC(=O)O)CNC(=O)c1ccc(C(N)=O)cc1. The summed E-state index contributed by atoms with van der Waals surface area (Å²) in [4.78, 5) is 33.1. The molecule has 1 aromatic carbocycles. The average molecular weight is 278 g/mol. The highest BCUT2D eigenvalue weighted by Crippen LogP contribution is 2.06. The first-order valence-corrected chi connectivity index (χ1v) is 6.30. The van der Waals surface area contributed by atoms with E-state index in [9.17, 15) is 14.4 Å². The van der Waals surface area contributed by atoms with Crippen molar-refractivity contribution in [3.8, 4) is 0 Å². The maximum atomic E-state index is 11.8. The number of carboxylic acids is 1. The van der Waals surface area contributed by atoms with Gasteiger partial charge in [0.05, 0.1) is 0 Å². The van der Waals surface area contributed by atoms with Crippen LogP contribution in [0.4, 0.5) is 0 Å². The molecule has 0 radical (unpaired) electrons. The number of hydrogen-bond donors (Lipinski definition) is 3. The highest BCUT2D eigenvalue weighted by atomic mass is 16.4. The molecule has 0 heterocycles. The molecule has 4 N–H and O–H groups in total. The number of carbonyl (C=O) groups is 3. The summed E-state index contributed by atoms with van der Waals surface area (Å²) in [5.41, 5.74) is 5.88. The Kier molecular flexibility index (Phi) is 5.71. The summed E-state index contributed by atoms with van der Waals surface area (Å²) in [6.45, 7) is 2.28. The smallest absolute Gasteiger partial charge is 0.303 e. The van der Waals surface area contributed by atoms with Gasteiger partial charge < -0.3 is 16.2 Å². The number of hydrogen-bond acceptors (Lipinski definition) is 3. The zero-order chi connectivity index (χ0) is 15.1. The monoisotopic (exact) mass is 278 g/mol. The van der Waals surface area contributed by atoms with E-state index in [4.69, 9.17) is 10.8 Å². The molecule has 20 heavy (non-hydrogen) atoms. The number of amides is 2. The number of primary amides is 1. The van der Waals surface area contributed by atoms with Crippen LogP contribution in [0, 0.1) is 5.92 Å². The molecule has 2 amide bonds. The van der Waals surface area contributed by atoms with Gasteiger partial charge >= 0.3 is 5.97 Å². The summed E-state index contributed by atoms with van der Waals surface area (Å²) in [6, 6.07) is 6.03. The average Bonchev–Trinajstić information content (AvgIpc) is 2.42. The number of carboxylic acid groups (broad SMARTS) is 1. The quantitative estimate of drug-likeness (QED) is 0.691. The lowest BCUT2D eigenvalue weighted by molar-refractivity contribution is -0.137. The summed E-state index contributed by atoms with van der Waals surface area (Å²) in [6.07, 6.45) is 0.598. The number of nitrogens with two attached hydrogens (primary N) is 1. The van der Waals surface area contributed by atoms with Crippen molar-refractivity contribution >= 4 is 17.8 Å². The van der Waals surface area contributed by atoms with Gasteiger partial charge in [0.2, 0.25) is 5.91 Å². The van der Waals surface area contributed by atoms with Crippen LogP contribution in [0.5, 0.6) is 0 Å². The third-order valence-corrected chi connectivity index (χ3v) is 2.89. The molecule has 0 aliphatic rings. The maximum absolute atomic E-state index is 11.8. The van der Waals surface area contributed by atoms with E-state index >= 15 is 0 Å². The van der Waals surface area contributed by atoms with E-state index in [1.807, 2.05) is 6.92 Å². The molecule has 0 saturated heterocycles. The second-order valence-electron chi connectivity index (χ2n) is 4.69. The van der Waals surface area contributed by atoms with Gasteiger partial charge in [0.15, 0.2) is 0 Å². The molecule has 1 rings (SSSR count). The molecule has 1 aromatic rings. The molecule has 1 unspecified atom stereocenters. The van der Waals surface area contributed by atoms with E-state index < -0.39 is 11.9 Å². The fourth-order valence-electron chi connectivity index (χ4n) is 1.63. The zero-order valence-electron chi connectivity index (χ0n) is 11.3. The summed E-state index contributed by atoms with van der Waals surface area (Å²) in [5.74, 6) is -1.56. The van der Waals surface area contributed by atoms with Gasteiger partial charge in [-0.05, 0) is 36.6 Å². The van der Waals surface area contributed by atoms with Crippen LogP contribution in [0.1, 0.15) is 40.5 Å². The van der Waals surface area contributed by atoms with Crippen molar-refractivity contribution in [2.75, 3.05) is 6.54 Å². The molecule has 108 valence electrons. The molecule has 0 spiro atoms. The van der Waals surface area contributed by atoms with Gasteiger partial charge in [0.1, 0.15) is 0 Å². The Balaban J connectivity index is 2.46. The molecule has 0 aliphatic heterocycles. The number of nitrogens with one attached hydrogen (secondary N) is 1. The Morgan fingerprint density at radius 3 is 2.25 bits per heavy atom. The van der Waals surface area contributed by atoms with Gasteiger partial charge in [0.25, 0.3) is 5.91 Å². The van der Waals surface area contributed by atoms with Crippen LogP contribution < -0.4 is 11.1 Å². The van der Waals surface area contributed by atoms with Gasteiger partial charge in [-0.1, -0.05) is 6.92 Å². The first-order valence-electron chi connectivity index (χ1n) is 6.30. The third kappa shape index (κ3) is 5.09. The van der Waals surface area contributed by atoms with Gasteiger partial charge in [-0.3, -0.25) is 14.4 Å². The zero-order valence-corrected chi connectivity index (χ0v) is 11.3. The van der Waals surface area contributed by atoms with E-state index in [1.165, 1.54) is 24.3 Å². The number of carbonyl (C=O) groups excluding carboxylic acids is 2. The molecule has 0 fully saturated rings. The van der Waals surface area contributed by atoms with Crippen LogP contribution in [-0.2, 0) is 4.79 Å². The molecule has 0 aromatic heterocycles. The van der Waals surface area contributed by atoms with Crippen LogP contribution in [-0.4, -0.2) is 29.4 Å². The summed E-state index contributed by atoms with van der Waals surface area (Å²) in [5, 5.41) is 11.3. The highest BCUT2D eigenvalue weighted by molar-refractivity contribution is 5.97. The third-order valence-electron chi connectivity index (χ3n) is 2.89. The van der Waals surface area contributed by atoms with Crippen molar-refractivity contribution in [1.29, 1.82) is 0 Å². The number of benzene rings is 1. The summed E-state index contributed by atoms with van der Waals surface area (Å²) < 4.78 is 0. The van der Waals surface area contributed by atoms with Gasteiger partial charge in [0, 0.05) is 24.1 Å². The minimum absolute atomic E-state index is 0.0833. The molecule has 0 bridgehead atoms. The van der Waals surface area contributed by atoms with Crippen molar-refractivity contribution in [3.63, 3.8) is 0 Å². The normalized spacial score (nSPS) is 11.7. The van der Waals surface area contributed by atoms with Crippen LogP contribution in [0.3, 0.4) is 0 Å². The molecule has 1 atom stereocenters. The van der Waals surface area contributed by atoms with Crippen LogP contribution in [0.25, 0.3) is 0 Å². The summed E-state index contributed by atoms with van der Waals surface area (Å²) in [7, 11) is 0. The van der Waals surface area contributed by atoms with Gasteiger partial charge in [-0.25, -0.2) is 0 Å². The van der Waals surface area contributed by atoms with Crippen molar-refractivity contribution in [2.24, 2.45) is 11.7 Å². The number of rotatable bonds is 7. The lowest BCUT2D eigenvalue weighted by Gasteiger charge is -2.11. The van der Waals surface area contributed by atoms with E-state index in [-0.39, 0.29) is 18.2 Å². The molecule has 6 heteroatoms. The first-order chi connectivity index (χ1) is 9.40. The Bertz CT molecular complexity index is 496. The molecule has 6 nitrogen and oxygen atoms in total. The molecule has 0 aliphatic carbocycles. The van der Waals surface area contributed by atoms with Gasteiger partial charge in [-0.15, -0.1) is 0 Å². The van der Waals surface area contributed by atoms with Crippen molar-refractivity contribution in [3.05, 3.63) is 35.4 Å². The second-order valence-corrected chi connectivity index (χ2v) is 4.69. The Hall–Kier alpha value is -2.37. The van der Waals surface area contributed by atoms with E-state index in [2.05, 4.69) is 5.32 Å². The Labute approximate surface area is 117 Å². The number of aliphatic carboxylic acids is 1. The lowest BCUT2D eigenvalue weighted by Crippen LogP contribution is -2.28. The first kappa shape index (κ1) is 15.7. The van der Waals surface area contributed by atoms with Crippen LogP contribution >= 0.6 is 0 Å².